The summed E-state index contributed by atoms with van der Waals surface area (Å²) in [7, 11) is 0. The Balaban J connectivity index is 1.58. The Morgan fingerprint density at radius 1 is 1.18 bits per heavy atom. The molecule has 0 radical (unpaired) electrons. The van der Waals surface area contributed by atoms with Crippen LogP contribution in [0.4, 0.5) is 0 Å². The first-order chi connectivity index (χ1) is 10.7. The molecule has 0 saturated heterocycles. The summed E-state index contributed by atoms with van der Waals surface area (Å²) in [4.78, 5) is 15.4. The van der Waals surface area contributed by atoms with Gasteiger partial charge in [0, 0.05) is 23.6 Å². The fourth-order valence-electron chi connectivity index (χ4n) is 3.34. The van der Waals surface area contributed by atoms with E-state index in [1.807, 2.05) is 30.5 Å². The molecule has 0 unspecified atom stereocenters. The molecule has 0 atom stereocenters. The van der Waals surface area contributed by atoms with Crippen LogP contribution in [0.5, 0.6) is 0 Å². The van der Waals surface area contributed by atoms with Crippen LogP contribution in [0.3, 0.4) is 0 Å². The fourth-order valence-corrected chi connectivity index (χ4v) is 3.34. The van der Waals surface area contributed by atoms with Crippen molar-refractivity contribution in [1.82, 2.24) is 10.3 Å². The quantitative estimate of drug-likeness (QED) is 0.760. The van der Waals surface area contributed by atoms with E-state index in [-0.39, 0.29) is 5.91 Å². The van der Waals surface area contributed by atoms with Crippen LogP contribution in [-0.2, 0) is 11.2 Å². The number of fused-ring (bicyclic) bond motifs is 1. The minimum absolute atomic E-state index is 0.0255. The largest absolute Gasteiger partial charge is 0.388 e. The van der Waals surface area contributed by atoms with Crippen LogP contribution in [0.25, 0.3) is 10.9 Å². The number of benzene rings is 1. The molecule has 1 amide bonds. The third kappa shape index (κ3) is 3.50. The second-order valence-electron chi connectivity index (χ2n) is 6.45. The second kappa shape index (κ2) is 6.53. The zero-order chi connectivity index (χ0) is 15.4. The molecule has 1 heterocycles. The van der Waals surface area contributed by atoms with Gasteiger partial charge in [-0.15, -0.1) is 0 Å². The van der Waals surface area contributed by atoms with Gasteiger partial charge in [0.1, 0.15) is 0 Å². The van der Waals surface area contributed by atoms with Gasteiger partial charge in [0.15, 0.2) is 0 Å². The number of rotatable bonds is 4. The summed E-state index contributed by atoms with van der Waals surface area (Å²) in [6.45, 7) is 0.369. The third-order valence-electron chi connectivity index (χ3n) is 4.67. The van der Waals surface area contributed by atoms with Crippen LogP contribution in [0.15, 0.2) is 30.5 Å². The molecular formula is C18H24N2O2. The predicted molar refractivity (Wildman–Crippen MR) is 87.7 cm³/mol. The molecule has 22 heavy (non-hydrogen) atoms. The predicted octanol–water partition coefficient (Wildman–Crippen LogP) is 2.91. The van der Waals surface area contributed by atoms with E-state index in [1.165, 1.54) is 12.8 Å². The van der Waals surface area contributed by atoms with Crippen molar-refractivity contribution in [3.8, 4) is 0 Å². The van der Waals surface area contributed by atoms with E-state index in [0.29, 0.717) is 13.0 Å². The molecule has 0 aliphatic heterocycles. The summed E-state index contributed by atoms with van der Waals surface area (Å²) in [5, 5.41) is 14.6. The average molecular weight is 300 g/mol. The van der Waals surface area contributed by atoms with E-state index in [4.69, 9.17) is 0 Å². The van der Waals surface area contributed by atoms with Gasteiger partial charge in [0.25, 0.3) is 0 Å². The smallest absolute Gasteiger partial charge is 0.224 e. The Kier molecular flexibility index (Phi) is 4.48. The first kappa shape index (κ1) is 15.1. The molecule has 0 bridgehead atoms. The summed E-state index contributed by atoms with van der Waals surface area (Å²) in [5.74, 6) is -0.0255. The summed E-state index contributed by atoms with van der Waals surface area (Å²) in [6.07, 6.45) is 8.30. The molecule has 4 nitrogen and oxygen atoms in total. The maximum atomic E-state index is 12.2. The minimum atomic E-state index is -0.716. The Bertz CT molecular complexity index is 639. The number of carbonyl (C=O) groups excluding carboxylic acids is 1. The number of aromatic nitrogens is 1. The number of nitrogens with one attached hydrogen (secondary N) is 2. The van der Waals surface area contributed by atoms with E-state index in [9.17, 15) is 9.90 Å². The Morgan fingerprint density at radius 3 is 2.68 bits per heavy atom. The molecule has 0 spiro atoms. The van der Waals surface area contributed by atoms with Gasteiger partial charge in [-0.1, -0.05) is 43.9 Å². The van der Waals surface area contributed by atoms with Gasteiger partial charge in [0.05, 0.1) is 12.0 Å². The van der Waals surface area contributed by atoms with Crippen molar-refractivity contribution in [2.45, 2.75) is 50.5 Å². The topological polar surface area (TPSA) is 65.1 Å². The highest BCUT2D eigenvalue weighted by Crippen LogP contribution is 2.26. The van der Waals surface area contributed by atoms with E-state index in [2.05, 4.69) is 10.3 Å². The second-order valence-corrected chi connectivity index (χ2v) is 6.45. The lowest BCUT2D eigenvalue weighted by Crippen LogP contribution is -2.43. The van der Waals surface area contributed by atoms with Crippen molar-refractivity contribution in [2.24, 2.45) is 0 Å². The Morgan fingerprint density at radius 2 is 1.91 bits per heavy atom. The van der Waals surface area contributed by atoms with E-state index in [0.717, 1.165) is 42.1 Å². The number of para-hydroxylation sites is 1. The van der Waals surface area contributed by atoms with Crippen LogP contribution in [0.2, 0.25) is 0 Å². The summed E-state index contributed by atoms with van der Waals surface area (Å²) >= 11 is 0. The van der Waals surface area contributed by atoms with E-state index < -0.39 is 5.60 Å². The SMILES string of the molecule is O=C(Cc1c[nH]c2ccccc12)NCC1(O)CCCCCC1. The van der Waals surface area contributed by atoms with Crippen LogP contribution >= 0.6 is 0 Å². The van der Waals surface area contributed by atoms with Crippen molar-refractivity contribution in [3.63, 3.8) is 0 Å². The fraction of sp³-hybridized carbons (Fsp3) is 0.500. The number of aromatic amines is 1. The van der Waals surface area contributed by atoms with Crippen molar-refractivity contribution < 1.29 is 9.90 Å². The Labute approximate surface area is 130 Å². The molecule has 1 aliphatic carbocycles. The molecule has 3 rings (SSSR count). The van der Waals surface area contributed by atoms with Crippen molar-refractivity contribution in [3.05, 3.63) is 36.0 Å². The van der Waals surface area contributed by atoms with Gasteiger partial charge in [-0.25, -0.2) is 0 Å². The lowest BCUT2D eigenvalue weighted by Gasteiger charge is -2.26. The molecule has 2 aromatic rings. The highest BCUT2D eigenvalue weighted by Gasteiger charge is 2.28. The van der Waals surface area contributed by atoms with Crippen LogP contribution < -0.4 is 5.32 Å². The van der Waals surface area contributed by atoms with Gasteiger partial charge < -0.3 is 15.4 Å². The van der Waals surface area contributed by atoms with Crippen molar-refractivity contribution in [2.75, 3.05) is 6.54 Å². The van der Waals surface area contributed by atoms with Gasteiger partial charge in [0.2, 0.25) is 5.91 Å². The average Bonchev–Trinajstić information content (AvgIpc) is 2.79. The zero-order valence-corrected chi connectivity index (χ0v) is 12.9. The Hall–Kier alpha value is -1.81. The lowest BCUT2D eigenvalue weighted by atomic mass is 9.94. The number of hydrogen-bond acceptors (Lipinski definition) is 2. The molecule has 1 fully saturated rings. The zero-order valence-electron chi connectivity index (χ0n) is 12.9. The maximum absolute atomic E-state index is 12.2. The maximum Gasteiger partial charge on any atom is 0.224 e. The molecule has 1 saturated carbocycles. The summed E-state index contributed by atoms with van der Waals surface area (Å²) in [6, 6.07) is 7.98. The lowest BCUT2D eigenvalue weighted by molar-refractivity contribution is -0.121. The van der Waals surface area contributed by atoms with Crippen LogP contribution in [0, 0.1) is 0 Å². The third-order valence-corrected chi connectivity index (χ3v) is 4.67. The van der Waals surface area contributed by atoms with Gasteiger partial charge in [-0.05, 0) is 24.5 Å². The highest BCUT2D eigenvalue weighted by atomic mass is 16.3. The number of H-pyrrole nitrogens is 1. The number of aliphatic hydroxyl groups is 1. The van der Waals surface area contributed by atoms with Gasteiger partial charge in [-0.3, -0.25) is 4.79 Å². The monoisotopic (exact) mass is 300 g/mol. The van der Waals surface area contributed by atoms with Crippen LogP contribution in [0.1, 0.15) is 44.1 Å². The molecule has 4 heteroatoms. The molecule has 118 valence electrons. The molecule has 3 N–H and O–H groups in total. The van der Waals surface area contributed by atoms with E-state index in [1.54, 1.807) is 0 Å². The summed E-state index contributed by atoms with van der Waals surface area (Å²) in [5.41, 5.74) is 1.33. The number of hydrogen-bond donors (Lipinski definition) is 3. The number of amides is 1. The normalized spacial score (nSPS) is 18.0. The van der Waals surface area contributed by atoms with Crippen LogP contribution in [-0.4, -0.2) is 28.1 Å². The standard InChI is InChI=1S/C18H24N2O2/c21-17(20-13-18(22)9-5-1-2-6-10-18)11-14-12-19-16-8-4-3-7-15(14)16/h3-4,7-8,12,19,22H,1-2,5-6,9-11,13H2,(H,20,21). The molecule has 1 aromatic carbocycles. The molecule has 1 aliphatic rings. The number of carbonyl (C=O) groups is 1. The molecule has 1 aromatic heterocycles. The van der Waals surface area contributed by atoms with Crippen molar-refractivity contribution in [1.29, 1.82) is 0 Å². The van der Waals surface area contributed by atoms with Gasteiger partial charge in [-0.2, -0.15) is 0 Å². The van der Waals surface area contributed by atoms with Crippen molar-refractivity contribution >= 4 is 16.8 Å². The minimum Gasteiger partial charge on any atom is -0.388 e. The first-order valence-electron chi connectivity index (χ1n) is 8.20. The first-order valence-corrected chi connectivity index (χ1v) is 8.20. The summed E-state index contributed by atoms with van der Waals surface area (Å²) < 4.78 is 0. The van der Waals surface area contributed by atoms with Gasteiger partial charge >= 0.3 is 0 Å². The molecular weight excluding hydrogens is 276 g/mol. The van der Waals surface area contributed by atoms with E-state index >= 15 is 0 Å². The highest BCUT2D eigenvalue weighted by molar-refractivity contribution is 5.88.